The summed E-state index contributed by atoms with van der Waals surface area (Å²) in [5.41, 5.74) is 4.17. The molecule has 0 saturated carbocycles. The molecule has 0 spiro atoms. The summed E-state index contributed by atoms with van der Waals surface area (Å²) >= 11 is 6.80. The van der Waals surface area contributed by atoms with E-state index in [2.05, 4.69) is 57.3 Å². The Labute approximate surface area is 148 Å². The molecular weight excluding hydrogens is 316 g/mol. The van der Waals surface area contributed by atoms with Gasteiger partial charge in [0, 0.05) is 16.5 Å². The minimum atomic E-state index is -0.100. The number of anilines is 1. The number of para-hydroxylation sites is 1. The largest absolute Gasteiger partial charge is 0.365 e. The van der Waals surface area contributed by atoms with Crippen molar-refractivity contribution in [3.63, 3.8) is 0 Å². The number of nitrogens with one attached hydrogen (secondary N) is 1. The summed E-state index contributed by atoms with van der Waals surface area (Å²) in [5.74, 6) is 0.829. The van der Waals surface area contributed by atoms with E-state index in [1.165, 1.54) is 5.56 Å². The average Bonchev–Trinajstić information content (AvgIpc) is 2.54. The van der Waals surface area contributed by atoms with E-state index in [9.17, 15) is 0 Å². The summed E-state index contributed by atoms with van der Waals surface area (Å²) in [4.78, 5) is 4.84. The molecule has 24 heavy (non-hydrogen) atoms. The monoisotopic (exact) mass is 338 g/mol. The topological polar surface area (TPSA) is 24.9 Å². The van der Waals surface area contributed by atoms with E-state index in [4.69, 9.17) is 16.6 Å². The minimum Gasteiger partial charge on any atom is -0.365 e. The maximum absolute atomic E-state index is 6.80. The maximum atomic E-state index is 6.80. The van der Waals surface area contributed by atoms with E-state index in [0.717, 1.165) is 39.3 Å². The molecule has 1 heterocycles. The Balaban J connectivity index is 2.25. The van der Waals surface area contributed by atoms with E-state index in [1.54, 1.807) is 0 Å². The second kappa shape index (κ2) is 6.45. The normalized spacial score (nSPS) is 11.7. The summed E-state index contributed by atoms with van der Waals surface area (Å²) in [6.07, 6.45) is 1.02. The molecule has 124 valence electrons. The lowest BCUT2D eigenvalue weighted by Gasteiger charge is -2.24. The van der Waals surface area contributed by atoms with Crippen LogP contribution in [0, 0.1) is 0 Å². The van der Waals surface area contributed by atoms with Crippen molar-refractivity contribution in [3.8, 4) is 11.1 Å². The summed E-state index contributed by atoms with van der Waals surface area (Å²) in [5, 5.41) is 5.24. The van der Waals surface area contributed by atoms with E-state index in [0.29, 0.717) is 0 Å². The Hall–Kier alpha value is -2.06. The van der Waals surface area contributed by atoms with Gasteiger partial charge in [-0.15, -0.1) is 0 Å². The molecule has 0 saturated heterocycles. The maximum Gasteiger partial charge on any atom is 0.136 e. The molecule has 2 aromatic carbocycles. The van der Waals surface area contributed by atoms with Crippen LogP contribution in [-0.4, -0.2) is 10.5 Å². The van der Waals surface area contributed by atoms with Crippen LogP contribution < -0.4 is 5.32 Å². The number of rotatable bonds is 3. The Kier molecular flexibility index (Phi) is 4.51. The zero-order valence-electron chi connectivity index (χ0n) is 14.7. The smallest absolute Gasteiger partial charge is 0.136 e. The SMILES string of the molecule is CCc1ccc(-c2c(NC(C)(C)C)nc3ccccc3c2Cl)cc1. The Morgan fingerprint density at radius 2 is 1.67 bits per heavy atom. The first kappa shape index (κ1) is 16.8. The van der Waals surface area contributed by atoms with Gasteiger partial charge in [0.15, 0.2) is 0 Å². The highest BCUT2D eigenvalue weighted by Crippen LogP contribution is 2.39. The Morgan fingerprint density at radius 1 is 1.00 bits per heavy atom. The first-order valence-corrected chi connectivity index (χ1v) is 8.72. The van der Waals surface area contributed by atoms with Crippen molar-refractivity contribution in [2.24, 2.45) is 0 Å². The predicted molar refractivity (Wildman–Crippen MR) is 105 cm³/mol. The molecule has 0 fully saturated rings. The van der Waals surface area contributed by atoms with E-state index in [-0.39, 0.29) is 5.54 Å². The third-order valence-corrected chi connectivity index (χ3v) is 4.37. The van der Waals surface area contributed by atoms with Crippen molar-refractivity contribution >= 4 is 28.3 Å². The molecule has 0 radical (unpaired) electrons. The molecule has 2 nitrogen and oxygen atoms in total. The fraction of sp³-hybridized carbons (Fsp3) is 0.286. The number of aryl methyl sites for hydroxylation is 1. The standard InChI is InChI=1S/C21H23ClN2/c1-5-14-10-12-15(13-11-14)18-19(22)16-8-6-7-9-17(16)23-20(18)24-21(2,3)4/h6-13H,5H2,1-4H3,(H,23,24). The first-order chi connectivity index (χ1) is 11.4. The highest BCUT2D eigenvalue weighted by molar-refractivity contribution is 6.38. The number of pyridine rings is 1. The summed E-state index contributed by atoms with van der Waals surface area (Å²) in [6, 6.07) is 16.6. The summed E-state index contributed by atoms with van der Waals surface area (Å²) in [7, 11) is 0. The van der Waals surface area contributed by atoms with E-state index >= 15 is 0 Å². The van der Waals surface area contributed by atoms with Crippen molar-refractivity contribution in [2.45, 2.75) is 39.7 Å². The molecule has 0 atom stereocenters. The third-order valence-electron chi connectivity index (χ3n) is 3.97. The highest BCUT2D eigenvalue weighted by atomic mass is 35.5. The van der Waals surface area contributed by atoms with E-state index in [1.807, 2.05) is 24.3 Å². The van der Waals surface area contributed by atoms with Crippen molar-refractivity contribution < 1.29 is 0 Å². The zero-order chi connectivity index (χ0) is 17.3. The van der Waals surface area contributed by atoms with Gasteiger partial charge in [0.1, 0.15) is 5.82 Å². The van der Waals surface area contributed by atoms with Crippen LogP contribution >= 0.6 is 11.6 Å². The van der Waals surface area contributed by atoms with Crippen LogP contribution in [0.2, 0.25) is 5.02 Å². The van der Waals surface area contributed by atoms with Crippen LogP contribution in [0.1, 0.15) is 33.3 Å². The number of fused-ring (bicyclic) bond motifs is 1. The molecule has 1 N–H and O–H groups in total. The molecule has 0 aliphatic rings. The molecular formula is C21H23ClN2. The van der Waals surface area contributed by atoms with Crippen LogP contribution in [0.3, 0.4) is 0 Å². The minimum absolute atomic E-state index is 0.100. The molecule has 0 bridgehead atoms. The van der Waals surface area contributed by atoms with Gasteiger partial charge in [-0.3, -0.25) is 0 Å². The number of nitrogens with zero attached hydrogens (tertiary/aromatic N) is 1. The molecule has 3 aromatic rings. The highest BCUT2D eigenvalue weighted by Gasteiger charge is 2.19. The van der Waals surface area contributed by atoms with Gasteiger partial charge in [-0.25, -0.2) is 4.98 Å². The van der Waals surface area contributed by atoms with Crippen LogP contribution in [0.4, 0.5) is 5.82 Å². The van der Waals surface area contributed by atoms with Crippen molar-refractivity contribution in [3.05, 3.63) is 59.1 Å². The lowest BCUT2D eigenvalue weighted by Crippen LogP contribution is -2.27. The van der Waals surface area contributed by atoms with Crippen molar-refractivity contribution in [1.82, 2.24) is 4.98 Å². The lowest BCUT2D eigenvalue weighted by atomic mass is 10.00. The second-order valence-corrected chi connectivity index (χ2v) is 7.47. The average molecular weight is 339 g/mol. The van der Waals surface area contributed by atoms with Gasteiger partial charge in [-0.2, -0.15) is 0 Å². The molecule has 0 amide bonds. The Morgan fingerprint density at radius 3 is 2.29 bits per heavy atom. The predicted octanol–water partition coefficient (Wildman–Crippen LogP) is 6.33. The van der Waals surface area contributed by atoms with Crippen LogP contribution in [-0.2, 0) is 6.42 Å². The van der Waals surface area contributed by atoms with Gasteiger partial charge in [0.2, 0.25) is 0 Å². The number of benzene rings is 2. The van der Waals surface area contributed by atoms with Crippen molar-refractivity contribution in [2.75, 3.05) is 5.32 Å². The number of hydrogen-bond donors (Lipinski definition) is 1. The molecule has 0 aliphatic heterocycles. The fourth-order valence-corrected chi connectivity index (χ4v) is 3.15. The third kappa shape index (κ3) is 3.39. The number of hydrogen-bond acceptors (Lipinski definition) is 2. The first-order valence-electron chi connectivity index (χ1n) is 8.35. The van der Waals surface area contributed by atoms with Gasteiger partial charge in [0.25, 0.3) is 0 Å². The van der Waals surface area contributed by atoms with Gasteiger partial charge in [-0.1, -0.05) is 61.0 Å². The van der Waals surface area contributed by atoms with E-state index < -0.39 is 0 Å². The van der Waals surface area contributed by atoms with Gasteiger partial charge < -0.3 is 5.32 Å². The summed E-state index contributed by atoms with van der Waals surface area (Å²) < 4.78 is 0. The molecule has 0 aliphatic carbocycles. The van der Waals surface area contributed by atoms with Gasteiger partial charge in [0.05, 0.1) is 10.5 Å². The molecule has 3 heteroatoms. The van der Waals surface area contributed by atoms with Crippen LogP contribution in [0.5, 0.6) is 0 Å². The van der Waals surface area contributed by atoms with Crippen LogP contribution in [0.25, 0.3) is 22.0 Å². The number of halogens is 1. The quantitative estimate of drug-likeness (QED) is 0.603. The van der Waals surface area contributed by atoms with Crippen LogP contribution in [0.15, 0.2) is 48.5 Å². The molecule has 3 rings (SSSR count). The molecule has 0 unspecified atom stereocenters. The molecule has 1 aromatic heterocycles. The Bertz CT molecular complexity index is 861. The second-order valence-electron chi connectivity index (χ2n) is 7.09. The zero-order valence-corrected chi connectivity index (χ0v) is 15.4. The van der Waals surface area contributed by atoms with Gasteiger partial charge in [-0.05, 0) is 44.4 Å². The van der Waals surface area contributed by atoms with Gasteiger partial charge >= 0.3 is 0 Å². The fourth-order valence-electron chi connectivity index (χ4n) is 2.79. The number of aromatic nitrogens is 1. The van der Waals surface area contributed by atoms with Crippen molar-refractivity contribution in [1.29, 1.82) is 0 Å². The lowest BCUT2D eigenvalue weighted by molar-refractivity contribution is 0.631. The summed E-state index contributed by atoms with van der Waals surface area (Å²) in [6.45, 7) is 8.54.